The lowest BCUT2D eigenvalue weighted by Gasteiger charge is -2.07. The molecule has 0 aliphatic heterocycles. The Balaban J connectivity index is 1.28. The first-order valence-electron chi connectivity index (χ1n) is 8.21. The molecule has 0 atom stereocenters. The predicted octanol–water partition coefficient (Wildman–Crippen LogP) is 4.79. The summed E-state index contributed by atoms with van der Waals surface area (Å²) >= 11 is 13.5. The van der Waals surface area contributed by atoms with Gasteiger partial charge in [-0.1, -0.05) is 40.6 Å². The highest BCUT2D eigenvalue weighted by molar-refractivity contribution is 7.20. The molecule has 3 aromatic heterocycles. The van der Waals surface area contributed by atoms with Gasteiger partial charge < -0.3 is 10.1 Å². The van der Waals surface area contributed by atoms with Gasteiger partial charge in [0.05, 0.1) is 25.1 Å². The Kier molecular flexibility index (Phi) is 5.54. The number of ether oxygens (including phenoxy) is 1. The fourth-order valence-corrected chi connectivity index (χ4v) is 3.75. The van der Waals surface area contributed by atoms with E-state index in [9.17, 15) is 0 Å². The molecule has 0 aliphatic rings. The highest BCUT2D eigenvalue weighted by Crippen LogP contribution is 2.24. The van der Waals surface area contributed by atoms with Crippen molar-refractivity contribution in [1.82, 2.24) is 19.6 Å². The highest BCUT2D eigenvalue weighted by atomic mass is 35.5. The fourth-order valence-electron chi connectivity index (χ4n) is 2.48. The van der Waals surface area contributed by atoms with Gasteiger partial charge in [-0.3, -0.25) is 4.98 Å². The smallest absolute Gasteiger partial charge is 0.214 e. The van der Waals surface area contributed by atoms with E-state index in [0.29, 0.717) is 29.8 Å². The van der Waals surface area contributed by atoms with E-state index in [1.807, 2.05) is 24.4 Å². The van der Waals surface area contributed by atoms with Gasteiger partial charge in [0, 0.05) is 34.5 Å². The summed E-state index contributed by atoms with van der Waals surface area (Å²) < 4.78 is 7.42. The minimum Gasteiger partial charge on any atom is -0.375 e. The van der Waals surface area contributed by atoms with Crippen molar-refractivity contribution < 1.29 is 4.74 Å². The highest BCUT2D eigenvalue weighted by Gasteiger charge is 2.09. The zero-order valence-electron chi connectivity index (χ0n) is 14.1. The molecule has 1 aromatic carbocycles. The van der Waals surface area contributed by atoms with E-state index >= 15 is 0 Å². The van der Waals surface area contributed by atoms with Crippen molar-refractivity contribution in [2.45, 2.75) is 6.61 Å². The Morgan fingerprint density at radius 1 is 1.22 bits per heavy atom. The minimum atomic E-state index is 0.438. The van der Waals surface area contributed by atoms with Crippen LogP contribution in [0, 0.1) is 0 Å². The van der Waals surface area contributed by atoms with Gasteiger partial charge >= 0.3 is 0 Å². The Morgan fingerprint density at radius 3 is 2.93 bits per heavy atom. The van der Waals surface area contributed by atoms with Crippen molar-refractivity contribution >= 4 is 44.6 Å². The van der Waals surface area contributed by atoms with Crippen LogP contribution in [-0.4, -0.2) is 32.7 Å². The number of rotatable bonds is 7. The lowest BCUT2D eigenvalue weighted by atomic mass is 10.2. The number of imidazole rings is 1. The Hall–Kier alpha value is -2.19. The average molecular weight is 420 g/mol. The number of nitrogens with one attached hydrogen (secondary N) is 1. The maximum absolute atomic E-state index is 6.13. The molecule has 0 radical (unpaired) electrons. The molecule has 0 bridgehead atoms. The molecule has 0 fully saturated rings. The first kappa shape index (κ1) is 18.2. The van der Waals surface area contributed by atoms with Gasteiger partial charge in [-0.05, 0) is 29.8 Å². The van der Waals surface area contributed by atoms with Crippen molar-refractivity contribution in [2.75, 3.05) is 18.5 Å². The molecule has 0 saturated carbocycles. The second-order valence-electron chi connectivity index (χ2n) is 5.72. The molecule has 0 spiro atoms. The molecule has 0 amide bonds. The maximum Gasteiger partial charge on any atom is 0.214 e. The molecule has 6 nitrogen and oxygen atoms in total. The summed E-state index contributed by atoms with van der Waals surface area (Å²) in [4.78, 5) is 9.53. The Labute approximate surface area is 169 Å². The van der Waals surface area contributed by atoms with E-state index in [0.717, 1.165) is 26.9 Å². The van der Waals surface area contributed by atoms with Crippen LogP contribution < -0.4 is 5.32 Å². The molecule has 138 valence electrons. The molecule has 0 aliphatic carbocycles. The van der Waals surface area contributed by atoms with Crippen LogP contribution in [0.5, 0.6) is 0 Å². The zero-order chi connectivity index (χ0) is 18.6. The van der Waals surface area contributed by atoms with E-state index in [1.54, 1.807) is 29.0 Å². The van der Waals surface area contributed by atoms with Crippen LogP contribution in [0.1, 0.15) is 5.56 Å². The quantitative estimate of drug-likeness (QED) is 0.436. The third-order valence-electron chi connectivity index (χ3n) is 3.80. The molecule has 0 unspecified atom stereocenters. The van der Waals surface area contributed by atoms with Gasteiger partial charge in [0.25, 0.3) is 0 Å². The second kappa shape index (κ2) is 8.22. The molecule has 27 heavy (non-hydrogen) atoms. The number of fused-ring (bicyclic) bond motifs is 1. The summed E-state index contributed by atoms with van der Waals surface area (Å²) in [6.07, 6.45) is 5.42. The molecule has 9 heteroatoms. The van der Waals surface area contributed by atoms with E-state index in [4.69, 9.17) is 27.9 Å². The Bertz CT molecular complexity index is 1020. The number of pyridine rings is 1. The summed E-state index contributed by atoms with van der Waals surface area (Å²) in [6.45, 7) is 1.60. The maximum atomic E-state index is 6.13. The third-order valence-corrected chi connectivity index (χ3v) is 5.26. The van der Waals surface area contributed by atoms with Crippen LogP contribution in [0.25, 0.3) is 16.2 Å². The molecule has 3 heterocycles. The SMILES string of the molecule is Clc1ccc(COCCNc2nn3cc(-c4cccnc4)nc3s2)c(Cl)c1. The monoisotopic (exact) mass is 419 g/mol. The fraction of sp³-hybridized carbons (Fsp3) is 0.167. The largest absolute Gasteiger partial charge is 0.375 e. The number of benzene rings is 1. The van der Waals surface area contributed by atoms with Gasteiger partial charge in [-0.2, -0.15) is 0 Å². The van der Waals surface area contributed by atoms with Gasteiger partial charge in [0.1, 0.15) is 0 Å². The summed E-state index contributed by atoms with van der Waals surface area (Å²) in [5.74, 6) is 0. The van der Waals surface area contributed by atoms with Crippen LogP contribution in [0.15, 0.2) is 48.9 Å². The van der Waals surface area contributed by atoms with Gasteiger partial charge in [-0.25, -0.2) is 9.50 Å². The summed E-state index contributed by atoms with van der Waals surface area (Å²) in [6, 6.07) is 9.25. The lowest BCUT2D eigenvalue weighted by molar-refractivity contribution is 0.130. The normalized spacial score (nSPS) is 11.2. The van der Waals surface area contributed by atoms with Crippen LogP contribution >= 0.6 is 34.5 Å². The molecule has 4 aromatic rings. The van der Waals surface area contributed by atoms with Gasteiger partial charge in [0.15, 0.2) is 0 Å². The average Bonchev–Trinajstić information content (AvgIpc) is 3.22. The van der Waals surface area contributed by atoms with Crippen LogP contribution in [-0.2, 0) is 11.3 Å². The van der Waals surface area contributed by atoms with Crippen molar-refractivity contribution in [3.63, 3.8) is 0 Å². The Morgan fingerprint density at radius 2 is 2.15 bits per heavy atom. The van der Waals surface area contributed by atoms with Crippen molar-refractivity contribution in [3.05, 3.63) is 64.5 Å². The molecular formula is C18H15Cl2N5OS. The van der Waals surface area contributed by atoms with E-state index in [2.05, 4.69) is 20.4 Å². The summed E-state index contributed by atoms with van der Waals surface area (Å²) in [5, 5.41) is 9.76. The van der Waals surface area contributed by atoms with Gasteiger partial charge in [0.2, 0.25) is 10.1 Å². The van der Waals surface area contributed by atoms with Crippen LogP contribution in [0.2, 0.25) is 10.0 Å². The lowest BCUT2D eigenvalue weighted by Crippen LogP contribution is -2.09. The van der Waals surface area contributed by atoms with Gasteiger partial charge in [-0.15, -0.1) is 5.10 Å². The first-order valence-corrected chi connectivity index (χ1v) is 9.78. The molecule has 1 N–H and O–H groups in total. The number of hydrogen-bond donors (Lipinski definition) is 1. The number of halogens is 2. The number of hydrogen-bond acceptors (Lipinski definition) is 6. The third kappa shape index (κ3) is 4.39. The van der Waals surface area contributed by atoms with E-state index < -0.39 is 0 Å². The van der Waals surface area contributed by atoms with E-state index in [1.165, 1.54) is 11.3 Å². The van der Waals surface area contributed by atoms with Crippen molar-refractivity contribution in [2.24, 2.45) is 0 Å². The summed E-state index contributed by atoms with van der Waals surface area (Å²) in [5.41, 5.74) is 2.74. The molecule has 0 saturated heterocycles. The topological polar surface area (TPSA) is 64.3 Å². The van der Waals surface area contributed by atoms with Crippen LogP contribution in [0.3, 0.4) is 0 Å². The summed E-state index contributed by atoms with van der Waals surface area (Å²) in [7, 11) is 0. The molecule has 4 rings (SSSR count). The number of nitrogens with zero attached hydrogens (tertiary/aromatic N) is 4. The second-order valence-corrected chi connectivity index (χ2v) is 7.52. The van der Waals surface area contributed by atoms with Crippen molar-refractivity contribution in [1.29, 1.82) is 0 Å². The van der Waals surface area contributed by atoms with E-state index in [-0.39, 0.29) is 0 Å². The van der Waals surface area contributed by atoms with Crippen molar-refractivity contribution in [3.8, 4) is 11.3 Å². The first-order chi connectivity index (χ1) is 13.2. The number of aromatic nitrogens is 4. The predicted molar refractivity (Wildman–Crippen MR) is 109 cm³/mol. The zero-order valence-corrected chi connectivity index (χ0v) is 16.4. The standard InChI is InChI=1S/C18H15Cl2N5OS/c19-14-4-3-13(15(20)8-14)11-26-7-6-22-17-24-25-10-16(23-18(25)27-17)12-2-1-5-21-9-12/h1-5,8-10H,6-7,11H2,(H,22,24). The minimum absolute atomic E-state index is 0.438. The molecular weight excluding hydrogens is 405 g/mol. The number of anilines is 1. The van der Waals surface area contributed by atoms with Crippen LogP contribution in [0.4, 0.5) is 5.13 Å².